The molecule has 1 aliphatic rings. The minimum Gasteiger partial charge on any atom is -0.335 e. The number of hydrogen-bond acceptors (Lipinski definition) is 2. The first kappa shape index (κ1) is 21.4. The zero-order chi connectivity index (χ0) is 22.5. The van der Waals surface area contributed by atoms with E-state index in [9.17, 15) is 8.78 Å². The van der Waals surface area contributed by atoms with Gasteiger partial charge in [0.25, 0.3) is 5.92 Å². The Kier molecular flexibility index (Phi) is 5.23. The number of pyridine rings is 1. The van der Waals surface area contributed by atoms with Crippen LogP contribution in [0.3, 0.4) is 0 Å². The van der Waals surface area contributed by atoms with Crippen molar-refractivity contribution in [3.8, 4) is 22.9 Å². The highest BCUT2D eigenvalue weighted by Crippen LogP contribution is 2.34. The summed E-state index contributed by atoms with van der Waals surface area (Å²) in [6, 6.07) is 11.2. The number of benzene rings is 1. The van der Waals surface area contributed by atoms with Crippen LogP contribution in [-0.2, 0) is 6.54 Å². The maximum atomic E-state index is 13.7. The second-order valence-corrected chi connectivity index (χ2v) is 9.53. The summed E-state index contributed by atoms with van der Waals surface area (Å²) in [4.78, 5) is 12.7. The van der Waals surface area contributed by atoms with Crippen LogP contribution in [0.2, 0.25) is 10.0 Å². The first-order chi connectivity index (χ1) is 15.2. The summed E-state index contributed by atoms with van der Waals surface area (Å²) in [5, 5.41) is 1.09. The van der Waals surface area contributed by atoms with Crippen LogP contribution in [0, 0.1) is 0 Å². The third-order valence-corrected chi connectivity index (χ3v) is 6.75. The molecule has 3 aromatic heterocycles. The molecule has 9 heteroatoms. The number of H-pyrrole nitrogens is 1. The van der Waals surface area contributed by atoms with Crippen LogP contribution >= 0.6 is 23.2 Å². The van der Waals surface area contributed by atoms with E-state index in [2.05, 4.69) is 9.97 Å². The van der Waals surface area contributed by atoms with Gasteiger partial charge in [-0.25, -0.2) is 18.7 Å². The lowest BCUT2D eigenvalue weighted by Crippen LogP contribution is -2.52. The maximum Gasteiger partial charge on any atom is 0.258 e. The number of fused-ring (bicyclic) bond motifs is 1. The molecule has 5 rings (SSSR count). The maximum absolute atomic E-state index is 13.7. The highest BCUT2D eigenvalue weighted by atomic mass is 35.5. The van der Waals surface area contributed by atoms with Crippen molar-refractivity contribution in [3.05, 3.63) is 64.5 Å². The Labute approximate surface area is 194 Å². The van der Waals surface area contributed by atoms with E-state index in [1.165, 1.54) is 0 Å². The molecule has 4 heterocycles. The molecular formula is C23H22Cl2F2N5+. The summed E-state index contributed by atoms with van der Waals surface area (Å²) in [6.07, 6.45) is 3.47. The third kappa shape index (κ3) is 4.00. The smallest absolute Gasteiger partial charge is 0.258 e. The average Bonchev–Trinajstić information content (AvgIpc) is 3.36. The van der Waals surface area contributed by atoms with Crippen LogP contribution in [0.5, 0.6) is 0 Å². The zero-order valence-corrected chi connectivity index (χ0v) is 19.0. The summed E-state index contributed by atoms with van der Waals surface area (Å²) in [5.74, 6) is -1.29. The predicted molar refractivity (Wildman–Crippen MR) is 122 cm³/mol. The molecule has 0 atom stereocenters. The largest absolute Gasteiger partial charge is 0.335 e. The lowest BCUT2D eigenvalue weighted by Gasteiger charge is -2.40. The Morgan fingerprint density at radius 2 is 1.94 bits per heavy atom. The molecular weight excluding hydrogens is 455 g/mol. The molecule has 1 N–H and O–H groups in total. The van der Waals surface area contributed by atoms with Crippen molar-refractivity contribution in [2.75, 3.05) is 20.1 Å². The molecule has 32 heavy (non-hydrogen) atoms. The van der Waals surface area contributed by atoms with Gasteiger partial charge in [-0.15, -0.1) is 0 Å². The van der Waals surface area contributed by atoms with Gasteiger partial charge in [0.15, 0.2) is 11.6 Å². The Balaban J connectivity index is 1.51. The van der Waals surface area contributed by atoms with Gasteiger partial charge in [0.2, 0.25) is 0 Å². The Hall–Kier alpha value is -2.48. The van der Waals surface area contributed by atoms with Crippen molar-refractivity contribution in [1.29, 1.82) is 0 Å². The lowest BCUT2D eigenvalue weighted by molar-refractivity contribution is -0.929. The fourth-order valence-corrected chi connectivity index (χ4v) is 4.80. The molecule has 0 saturated carbocycles. The van der Waals surface area contributed by atoms with Crippen molar-refractivity contribution in [2.24, 2.45) is 0 Å². The molecule has 1 aliphatic heterocycles. The normalized spacial score (nSPS) is 17.7. The van der Waals surface area contributed by atoms with Gasteiger partial charge < -0.3 is 9.47 Å². The van der Waals surface area contributed by atoms with Crippen molar-refractivity contribution in [2.45, 2.75) is 25.3 Å². The average molecular weight is 477 g/mol. The first-order valence-corrected chi connectivity index (χ1v) is 11.2. The van der Waals surface area contributed by atoms with Gasteiger partial charge in [-0.1, -0.05) is 29.3 Å². The number of likely N-dealkylation sites (tertiary alicyclic amines) is 1. The fourth-order valence-electron chi connectivity index (χ4n) is 4.29. The number of quaternary nitrogens is 1. The molecule has 1 aromatic carbocycles. The highest BCUT2D eigenvalue weighted by Gasteiger charge is 2.41. The Morgan fingerprint density at radius 1 is 1.16 bits per heavy atom. The molecule has 0 bridgehead atoms. The van der Waals surface area contributed by atoms with Crippen molar-refractivity contribution in [1.82, 2.24) is 19.4 Å². The molecule has 0 aliphatic carbocycles. The monoisotopic (exact) mass is 476 g/mol. The van der Waals surface area contributed by atoms with Gasteiger partial charge in [0, 0.05) is 16.8 Å². The number of nitrogens with one attached hydrogen (secondary N) is 1. The molecule has 0 amide bonds. The van der Waals surface area contributed by atoms with Crippen LogP contribution in [0.4, 0.5) is 8.78 Å². The number of piperidine rings is 1. The van der Waals surface area contributed by atoms with Gasteiger partial charge in [0.1, 0.15) is 12.2 Å². The number of rotatable bonds is 4. The minimum absolute atomic E-state index is 0.0917. The summed E-state index contributed by atoms with van der Waals surface area (Å²) in [7, 11) is 2.02. The molecule has 4 aromatic rings. The Morgan fingerprint density at radius 3 is 2.69 bits per heavy atom. The molecule has 5 nitrogen and oxygen atoms in total. The lowest BCUT2D eigenvalue weighted by atomic mass is 10.0. The number of alkyl halides is 2. The van der Waals surface area contributed by atoms with Crippen molar-refractivity contribution >= 4 is 28.7 Å². The number of hydrogen-bond donors (Lipinski definition) is 1. The number of nitrogens with zero attached hydrogens (tertiary/aromatic N) is 4. The topological polar surface area (TPSA) is 46.0 Å². The van der Waals surface area contributed by atoms with E-state index in [-0.39, 0.29) is 12.8 Å². The summed E-state index contributed by atoms with van der Waals surface area (Å²) < 4.78 is 29.9. The molecule has 1 saturated heterocycles. The number of aromatic amines is 1. The van der Waals surface area contributed by atoms with Crippen LogP contribution in [-0.4, -0.2) is 49.9 Å². The minimum atomic E-state index is -2.56. The summed E-state index contributed by atoms with van der Waals surface area (Å²) in [6.45, 7) is 1.43. The quantitative estimate of drug-likeness (QED) is 0.363. The fraction of sp³-hybridized carbons (Fsp3) is 0.304. The van der Waals surface area contributed by atoms with Crippen LogP contribution in [0.25, 0.3) is 28.4 Å². The first-order valence-electron chi connectivity index (χ1n) is 10.4. The van der Waals surface area contributed by atoms with E-state index in [1.54, 1.807) is 18.3 Å². The van der Waals surface area contributed by atoms with Gasteiger partial charge >= 0.3 is 0 Å². The van der Waals surface area contributed by atoms with Gasteiger partial charge in [-0.3, -0.25) is 4.40 Å². The van der Waals surface area contributed by atoms with Gasteiger partial charge in [-0.05, 0) is 30.3 Å². The SMILES string of the molecule is C[N+]1(Cc2nc(-c3ncc(-c4ccc(Cl)cc4Cl)[nH]3)n3ccccc23)CCC(F)(F)CC1. The standard InChI is InChI=1S/C23H22Cl2F2N5/c1-32(10-7-23(26,27)8-11-32)14-19-20-4-2-3-9-31(20)22(30-19)21-28-13-18(29-21)16-6-5-15(24)12-17(16)25/h2-6,9,12-13H,7-8,10-11,14H2,1H3,(H,28,29)/q+1. The molecule has 1 fully saturated rings. The van der Waals surface area contributed by atoms with E-state index in [0.29, 0.717) is 45.8 Å². The second-order valence-electron chi connectivity index (χ2n) is 8.69. The van der Waals surface area contributed by atoms with Crippen molar-refractivity contribution < 1.29 is 13.3 Å². The molecule has 0 unspecified atom stereocenters. The van der Waals surface area contributed by atoms with Crippen molar-refractivity contribution in [3.63, 3.8) is 0 Å². The molecule has 166 valence electrons. The Bertz CT molecular complexity index is 1290. The van der Waals surface area contributed by atoms with E-state index in [0.717, 1.165) is 22.5 Å². The summed E-state index contributed by atoms with van der Waals surface area (Å²) in [5.41, 5.74) is 3.37. The summed E-state index contributed by atoms with van der Waals surface area (Å²) >= 11 is 12.4. The van der Waals surface area contributed by atoms with E-state index < -0.39 is 5.92 Å². The molecule has 0 radical (unpaired) electrons. The van der Waals surface area contributed by atoms with E-state index in [1.807, 2.05) is 41.9 Å². The van der Waals surface area contributed by atoms with Crippen LogP contribution in [0.15, 0.2) is 48.8 Å². The van der Waals surface area contributed by atoms with Crippen LogP contribution < -0.4 is 0 Å². The predicted octanol–water partition coefficient (Wildman–Crippen LogP) is 6.07. The van der Waals surface area contributed by atoms with Gasteiger partial charge in [-0.2, -0.15) is 0 Å². The third-order valence-electron chi connectivity index (χ3n) is 6.20. The number of imidazole rings is 2. The van der Waals surface area contributed by atoms with Crippen LogP contribution in [0.1, 0.15) is 18.5 Å². The molecule has 0 spiro atoms. The van der Waals surface area contributed by atoms with E-state index in [4.69, 9.17) is 28.2 Å². The van der Waals surface area contributed by atoms with Gasteiger partial charge in [0.05, 0.1) is 55.4 Å². The zero-order valence-electron chi connectivity index (χ0n) is 17.5. The number of halogens is 4. The second kappa shape index (κ2) is 7.83. The highest BCUT2D eigenvalue weighted by molar-refractivity contribution is 6.36. The number of aromatic nitrogens is 4. The van der Waals surface area contributed by atoms with E-state index >= 15 is 0 Å².